The van der Waals surface area contributed by atoms with Gasteiger partial charge < -0.3 is 16.0 Å². The van der Waals surface area contributed by atoms with Crippen LogP contribution in [0.5, 0.6) is 0 Å². The lowest BCUT2D eigenvalue weighted by Crippen LogP contribution is -2.17. The van der Waals surface area contributed by atoms with Crippen molar-refractivity contribution in [2.75, 3.05) is 5.32 Å². The van der Waals surface area contributed by atoms with Gasteiger partial charge in [-0.25, -0.2) is 0 Å². The number of anilines is 2. The standard InChI is InChI=1S/C20H19ClN4O2/c1-11(2)18-17(24-16-6-7-23-10-15(16)19(22)26)9-14(20(27)25-18)12-4-3-5-13(21)8-12/h3-11H,1-2H3,(H2,22,26)(H,23,24)(H,25,27). The number of hydrogen-bond acceptors (Lipinski definition) is 4. The lowest BCUT2D eigenvalue weighted by Gasteiger charge is -2.17. The first-order chi connectivity index (χ1) is 12.9. The molecular weight excluding hydrogens is 364 g/mol. The van der Waals surface area contributed by atoms with Gasteiger partial charge in [0.2, 0.25) is 0 Å². The molecule has 4 N–H and O–H groups in total. The first-order valence-corrected chi connectivity index (χ1v) is 8.78. The summed E-state index contributed by atoms with van der Waals surface area (Å²) in [6.07, 6.45) is 2.97. The Kier molecular flexibility index (Phi) is 5.28. The normalized spacial score (nSPS) is 10.8. The highest BCUT2D eigenvalue weighted by Crippen LogP contribution is 2.30. The van der Waals surface area contributed by atoms with Crippen molar-refractivity contribution < 1.29 is 4.79 Å². The van der Waals surface area contributed by atoms with Gasteiger partial charge in [-0.1, -0.05) is 37.6 Å². The average Bonchev–Trinajstić information content (AvgIpc) is 2.63. The maximum absolute atomic E-state index is 12.6. The second-order valence-electron chi connectivity index (χ2n) is 6.42. The van der Waals surface area contributed by atoms with Crippen molar-refractivity contribution in [1.29, 1.82) is 0 Å². The molecule has 1 amide bonds. The second kappa shape index (κ2) is 7.63. The number of halogens is 1. The summed E-state index contributed by atoms with van der Waals surface area (Å²) in [5.74, 6) is -0.538. The Balaban J connectivity index is 2.15. The van der Waals surface area contributed by atoms with Crippen LogP contribution < -0.4 is 16.6 Å². The van der Waals surface area contributed by atoms with Crippen molar-refractivity contribution >= 4 is 28.9 Å². The number of aromatic nitrogens is 2. The van der Waals surface area contributed by atoms with Crippen molar-refractivity contribution in [2.24, 2.45) is 5.73 Å². The third-order valence-corrected chi connectivity index (χ3v) is 4.38. The number of benzene rings is 1. The quantitative estimate of drug-likeness (QED) is 0.619. The van der Waals surface area contributed by atoms with E-state index in [4.69, 9.17) is 17.3 Å². The number of nitrogens with two attached hydrogens (primary N) is 1. The van der Waals surface area contributed by atoms with Crippen LogP contribution in [0, 0.1) is 0 Å². The molecule has 0 saturated carbocycles. The summed E-state index contributed by atoms with van der Waals surface area (Å²) >= 11 is 6.07. The molecule has 0 fully saturated rings. The molecule has 0 atom stereocenters. The first kappa shape index (κ1) is 18.7. The smallest absolute Gasteiger partial charge is 0.256 e. The zero-order valence-corrected chi connectivity index (χ0v) is 15.7. The molecule has 0 bridgehead atoms. The fourth-order valence-electron chi connectivity index (χ4n) is 2.82. The molecule has 0 spiro atoms. The SMILES string of the molecule is CC(C)c1[nH]c(=O)c(-c2cccc(Cl)c2)cc1Nc1ccncc1C(N)=O. The summed E-state index contributed by atoms with van der Waals surface area (Å²) < 4.78 is 0. The number of nitrogens with one attached hydrogen (secondary N) is 2. The van der Waals surface area contributed by atoms with Gasteiger partial charge in [0.05, 0.1) is 16.9 Å². The van der Waals surface area contributed by atoms with Crippen LogP contribution in [0.2, 0.25) is 5.02 Å². The third-order valence-electron chi connectivity index (χ3n) is 4.14. The Morgan fingerprint density at radius 1 is 1.22 bits per heavy atom. The molecule has 2 heterocycles. The van der Waals surface area contributed by atoms with Crippen molar-refractivity contribution in [3.8, 4) is 11.1 Å². The highest BCUT2D eigenvalue weighted by Gasteiger charge is 2.16. The fraction of sp³-hybridized carbons (Fsp3) is 0.150. The minimum Gasteiger partial charge on any atom is -0.365 e. The molecule has 0 aliphatic rings. The van der Waals surface area contributed by atoms with Gasteiger partial charge in [0, 0.05) is 28.7 Å². The number of carbonyl (C=O) groups excluding carboxylic acids is 1. The largest absolute Gasteiger partial charge is 0.365 e. The molecule has 7 heteroatoms. The molecule has 0 unspecified atom stereocenters. The summed E-state index contributed by atoms with van der Waals surface area (Å²) in [6, 6.07) is 10.5. The first-order valence-electron chi connectivity index (χ1n) is 8.41. The predicted molar refractivity (Wildman–Crippen MR) is 108 cm³/mol. The molecule has 0 aliphatic heterocycles. The molecule has 1 aromatic carbocycles. The van der Waals surface area contributed by atoms with Crippen LogP contribution >= 0.6 is 11.6 Å². The van der Waals surface area contributed by atoms with Crippen molar-refractivity contribution in [2.45, 2.75) is 19.8 Å². The van der Waals surface area contributed by atoms with Crippen LogP contribution in [-0.4, -0.2) is 15.9 Å². The third kappa shape index (κ3) is 4.01. The zero-order valence-electron chi connectivity index (χ0n) is 14.9. The summed E-state index contributed by atoms with van der Waals surface area (Å²) in [5, 5.41) is 3.75. The molecule has 2 aromatic heterocycles. The maximum atomic E-state index is 12.6. The van der Waals surface area contributed by atoms with Crippen LogP contribution in [0.3, 0.4) is 0 Å². The fourth-order valence-corrected chi connectivity index (χ4v) is 3.01. The van der Waals surface area contributed by atoms with E-state index in [9.17, 15) is 9.59 Å². The molecule has 0 radical (unpaired) electrons. The second-order valence-corrected chi connectivity index (χ2v) is 6.85. The number of aromatic amines is 1. The van der Waals surface area contributed by atoms with Crippen LogP contribution in [0.25, 0.3) is 11.1 Å². The number of nitrogens with zero attached hydrogens (tertiary/aromatic N) is 1. The Labute approximate surface area is 161 Å². The van der Waals surface area contributed by atoms with E-state index < -0.39 is 5.91 Å². The molecule has 6 nitrogen and oxygen atoms in total. The van der Waals surface area contributed by atoms with E-state index in [1.807, 2.05) is 19.9 Å². The molecule has 0 aliphatic carbocycles. The van der Waals surface area contributed by atoms with E-state index in [2.05, 4.69) is 15.3 Å². The summed E-state index contributed by atoms with van der Waals surface area (Å²) in [7, 11) is 0. The van der Waals surface area contributed by atoms with E-state index in [1.54, 1.807) is 36.5 Å². The highest BCUT2D eigenvalue weighted by molar-refractivity contribution is 6.30. The van der Waals surface area contributed by atoms with Crippen molar-refractivity contribution in [3.63, 3.8) is 0 Å². The molecule has 138 valence electrons. The number of hydrogen-bond donors (Lipinski definition) is 3. The number of pyridine rings is 2. The van der Waals surface area contributed by atoms with E-state index in [1.165, 1.54) is 6.20 Å². The highest BCUT2D eigenvalue weighted by atomic mass is 35.5. The van der Waals surface area contributed by atoms with Crippen molar-refractivity contribution in [3.05, 3.63) is 75.4 Å². The van der Waals surface area contributed by atoms with Crippen molar-refractivity contribution in [1.82, 2.24) is 9.97 Å². The molecular formula is C20H19ClN4O2. The molecule has 3 rings (SSSR count). The van der Waals surface area contributed by atoms with Gasteiger partial charge in [-0.05, 0) is 35.7 Å². The molecule has 3 aromatic rings. The summed E-state index contributed by atoms with van der Waals surface area (Å²) in [6.45, 7) is 3.94. The van der Waals surface area contributed by atoms with Crippen LogP contribution in [0.1, 0.15) is 35.8 Å². The Morgan fingerprint density at radius 3 is 2.67 bits per heavy atom. The van der Waals surface area contributed by atoms with Crippen LogP contribution in [0.4, 0.5) is 11.4 Å². The van der Waals surface area contributed by atoms with Gasteiger partial charge in [0.25, 0.3) is 11.5 Å². The molecule has 27 heavy (non-hydrogen) atoms. The minimum atomic E-state index is -0.587. The van der Waals surface area contributed by atoms with E-state index in [0.29, 0.717) is 27.5 Å². The van der Waals surface area contributed by atoms with Crippen LogP contribution in [0.15, 0.2) is 53.6 Å². The topological polar surface area (TPSA) is 101 Å². The zero-order chi connectivity index (χ0) is 19.6. The number of H-pyrrole nitrogens is 1. The van der Waals surface area contributed by atoms with E-state index >= 15 is 0 Å². The van der Waals surface area contributed by atoms with Gasteiger partial charge in [-0.15, -0.1) is 0 Å². The van der Waals surface area contributed by atoms with Gasteiger partial charge in [-0.2, -0.15) is 0 Å². The number of primary amides is 1. The molecule has 0 saturated heterocycles. The van der Waals surface area contributed by atoms with Gasteiger partial charge in [0.1, 0.15) is 0 Å². The monoisotopic (exact) mass is 382 g/mol. The Morgan fingerprint density at radius 2 is 2.00 bits per heavy atom. The lowest BCUT2D eigenvalue weighted by molar-refractivity contribution is 0.100. The van der Waals surface area contributed by atoms with Gasteiger partial charge >= 0.3 is 0 Å². The van der Waals surface area contributed by atoms with E-state index in [0.717, 1.165) is 5.69 Å². The van der Waals surface area contributed by atoms with E-state index in [-0.39, 0.29) is 17.0 Å². The summed E-state index contributed by atoms with van der Waals surface area (Å²) in [5.41, 5.74) is 8.58. The minimum absolute atomic E-state index is 0.0486. The average molecular weight is 383 g/mol. The number of rotatable bonds is 5. The summed E-state index contributed by atoms with van der Waals surface area (Å²) in [4.78, 5) is 31.2. The number of amides is 1. The lowest BCUT2D eigenvalue weighted by atomic mass is 10.0. The van der Waals surface area contributed by atoms with Crippen LogP contribution in [-0.2, 0) is 0 Å². The Hall–Kier alpha value is -3.12. The Bertz CT molecular complexity index is 1060. The maximum Gasteiger partial charge on any atom is 0.256 e. The van der Waals surface area contributed by atoms with Gasteiger partial charge in [0.15, 0.2) is 0 Å². The predicted octanol–water partition coefficient (Wildman–Crippen LogP) is 4.06. The van der Waals surface area contributed by atoms with Gasteiger partial charge in [-0.3, -0.25) is 14.6 Å². The number of carbonyl (C=O) groups is 1.